The lowest BCUT2D eigenvalue weighted by atomic mass is 10.2. The van der Waals surface area contributed by atoms with Crippen LogP contribution in [0.5, 0.6) is 0 Å². The number of amidine groups is 1. The van der Waals surface area contributed by atoms with Gasteiger partial charge in [0.25, 0.3) is 0 Å². The van der Waals surface area contributed by atoms with Crippen LogP contribution in [0.1, 0.15) is 26.7 Å². The molecule has 1 N–H and O–H groups in total. The van der Waals surface area contributed by atoms with Gasteiger partial charge in [-0.2, -0.15) is 0 Å². The number of aliphatic imine (C=N–C) groups is 1. The van der Waals surface area contributed by atoms with Crippen molar-refractivity contribution in [1.29, 1.82) is 0 Å². The van der Waals surface area contributed by atoms with E-state index in [2.05, 4.69) is 9.71 Å². The van der Waals surface area contributed by atoms with E-state index < -0.39 is 10.0 Å². The highest BCUT2D eigenvalue weighted by atomic mass is 32.2. The number of benzene rings is 1. The predicted octanol–water partition coefficient (Wildman–Crippen LogP) is 2.71. The van der Waals surface area contributed by atoms with E-state index in [-0.39, 0.29) is 5.75 Å². The van der Waals surface area contributed by atoms with Crippen molar-refractivity contribution >= 4 is 27.2 Å². The molecule has 0 fully saturated rings. The van der Waals surface area contributed by atoms with Gasteiger partial charge in [-0.3, -0.25) is 9.71 Å². The number of hydrogen-bond acceptors (Lipinski definition) is 3. The van der Waals surface area contributed by atoms with E-state index >= 15 is 0 Å². The zero-order chi connectivity index (χ0) is 15.2. The van der Waals surface area contributed by atoms with Crippen molar-refractivity contribution < 1.29 is 8.42 Å². The van der Waals surface area contributed by atoms with Crippen LogP contribution in [0.4, 0.5) is 11.4 Å². The second-order valence-electron chi connectivity index (χ2n) is 4.65. The molecule has 0 radical (unpaired) electrons. The van der Waals surface area contributed by atoms with Gasteiger partial charge in [0.2, 0.25) is 10.0 Å². The van der Waals surface area contributed by atoms with E-state index in [1.165, 1.54) is 0 Å². The summed E-state index contributed by atoms with van der Waals surface area (Å²) in [6.45, 7) is 3.89. The van der Waals surface area contributed by atoms with E-state index in [1.54, 1.807) is 19.2 Å². The zero-order valence-electron chi connectivity index (χ0n) is 12.5. The van der Waals surface area contributed by atoms with Crippen LogP contribution in [-0.4, -0.2) is 34.1 Å². The second-order valence-corrected chi connectivity index (χ2v) is 6.49. The van der Waals surface area contributed by atoms with Crippen LogP contribution in [0.25, 0.3) is 0 Å². The third-order valence-electron chi connectivity index (χ3n) is 3.10. The van der Waals surface area contributed by atoms with Gasteiger partial charge < -0.3 is 4.90 Å². The van der Waals surface area contributed by atoms with Crippen molar-refractivity contribution in [2.45, 2.75) is 26.7 Å². The van der Waals surface area contributed by atoms with Crippen molar-refractivity contribution in [1.82, 2.24) is 0 Å². The molecule has 0 bridgehead atoms. The molecule has 0 heterocycles. The number of rotatable bonds is 6. The molecule has 0 saturated heterocycles. The Kier molecular flexibility index (Phi) is 6.01. The predicted molar refractivity (Wildman–Crippen MR) is 86.2 cm³/mol. The van der Waals surface area contributed by atoms with Gasteiger partial charge in [0.15, 0.2) is 0 Å². The monoisotopic (exact) mass is 297 g/mol. The smallest absolute Gasteiger partial charge is 0.232 e. The maximum Gasteiger partial charge on any atom is 0.232 e. The summed E-state index contributed by atoms with van der Waals surface area (Å²) in [5.41, 5.74) is 1.55. The lowest BCUT2D eigenvalue weighted by Crippen LogP contribution is -2.23. The van der Waals surface area contributed by atoms with Gasteiger partial charge in [-0.05, 0) is 37.6 Å². The Hall–Kier alpha value is -1.56. The molecular weight excluding hydrogens is 274 g/mol. The van der Waals surface area contributed by atoms with E-state index in [1.807, 2.05) is 37.9 Å². The van der Waals surface area contributed by atoms with Crippen LogP contribution in [0.3, 0.4) is 0 Å². The lowest BCUT2D eigenvalue weighted by Gasteiger charge is -2.18. The first-order valence-corrected chi connectivity index (χ1v) is 8.32. The molecule has 0 atom stereocenters. The van der Waals surface area contributed by atoms with Crippen LogP contribution >= 0.6 is 0 Å². The first kappa shape index (κ1) is 16.5. The average Bonchev–Trinajstić information content (AvgIpc) is 2.44. The molecule has 0 aliphatic rings. The highest BCUT2D eigenvalue weighted by Gasteiger charge is 2.10. The molecule has 0 saturated carbocycles. The van der Waals surface area contributed by atoms with Crippen LogP contribution in [-0.2, 0) is 10.0 Å². The number of unbranched alkanes of at least 4 members (excludes halogenated alkanes) is 1. The van der Waals surface area contributed by atoms with Crippen molar-refractivity contribution in [3.05, 3.63) is 24.3 Å². The molecule has 0 amide bonds. The second kappa shape index (κ2) is 7.28. The molecule has 6 heteroatoms. The van der Waals surface area contributed by atoms with Crippen molar-refractivity contribution in [2.75, 3.05) is 29.5 Å². The van der Waals surface area contributed by atoms with E-state index in [0.29, 0.717) is 12.1 Å². The Morgan fingerprint density at radius 2 is 1.90 bits per heavy atom. The minimum Gasteiger partial charge on any atom is -0.334 e. The number of anilines is 2. The molecule has 20 heavy (non-hydrogen) atoms. The van der Waals surface area contributed by atoms with Gasteiger partial charge >= 0.3 is 0 Å². The summed E-state index contributed by atoms with van der Waals surface area (Å²) in [5.74, 6) is 1.05. The lowest BCUT2D eigenvalue weighted by molar-refractivity contribution is 0.598. The summed E-state index contributed by atoms with van der Waals surface area (Å²) in [5, 5.41) is 0. The third-order valence-corrected chi connectivity index (χ3v) is 4.48. The SMILES string of the molecule is CCCCS(=O)(=O)Nc1ccc(N(C)C(C)=NC)cc1. The molecule has 0 aliphatic heterocycles. The molecule has 1 rings (SSSR count). The molecule has 1 aromatic carbocycles. The minimum atomic E-state index is -3.24. The molecule has 5 nitrogen and oxygen atoms in total. The summed E-state index contributed by atoms with van der Waals surface area (Å²) in [6, 6.07) is 7.26. The Morgan fingerprint density at radius 3 is 2.40 bits per heavy atom. The summed E-state index contributed by atoms with van der Waals surface area (Å²) in [7, 11) is 0.419. The number of nitrogens with one attached hydrogen (secondary N) is 1. The fourth-order valence-electron chi connectivity index (χ4n) is 1.65. The van der Waals surface area contributed by atoms with Gasteiger partial charge in [-0.25, -0.2) is 8.42 Å². The zero-order valence-corrected chi connectivity index (χ0v) is 13.4. The molecule has 0 aromatic heterocycles. The molecule has 0 aliphatic carbocycles. The summed E-state index contributed by atoms with van der Waals surface area (Å²) in [6.07, 6.45) is 1.53. The quantitative estimate of drug-likeness (QED) is 0.648. The number of nitrogens with zero attached hydrogens (tertiary/aromatic N) is 2. The standard InChI is InChI=1S/C14H23N3O2S/c1-5-6-11-20(18,19)16-13-7-9-14(10-8-13)17(4)12(2)15-3/h7-10,16H,5-6,11H2,1-4H3. The van der Waals surface area contributed by atoms with Crippen LogP contribution in [0.15, 0.2) is 29.3 Å². The summed E-state index contributed by atoms with van der Waals surface area (Å²) < 4.78 is 26.2. The highest BCUT2D eigenvalue weighted by Crippen LogP contribution is 2.18. The third kappa shape index (κ3) is 4.85. The Morgan fingerprint density at radius 1 is 1.30 bits per heavy atom. The fraction of sp³-hybridized carbons (Fsp3) is 0.500. The fourth-order valence-corrected chi connectivity index (χ4v) is 2.92. The number of hydrogen-bond donors (Lipinski definition) is 1. The van der Waals surface area contributed by atoms with Crippen LogP contribution in [0, 0.1) is 0 Å². The van der Waals surface area contributed by atoms with Gasteiger partial charge in [0.1, 0.15) is 0 Å². The maximum absolute atomic E-state index is 11.8. The molecule has 0 spiro atoms. The molecule has 112 valence electrons. The minimum absolute atomic E-state index is 0.159. The van der Waals surface area contributed by atoms with Gasteiger partial charge in [0.05, 0.1) is 11.6 Å². The largest absolute Gasteiger partial charge is 0.334 e. The van der Waals surface area contributed by atoms with Gasteiger partial charge in [-0.1, -0.05) is 13.3 Å². The Bertz CT molecular complexity index is 550. The highest BCUT2D eigenvalue weighted by molar-refractivity contribution is 7.92. The Labute approximate surface area is 121 Å². The Balaban J connectivity index is 2.77. The van der Waals surface area contributed by atoms with Crippen LogP contribution < -0.4 is 9.62 Å². The van der Waals surface area contributed by atoms with Crippen LogP contribution in [0.2, 0.25) is 0 Å². The van der Waals surface area contributed by atoms with E-state index in [4.69, 9.17) is 0 Å². The first-order valence-electron chi connectivity index (χ1n) is 6.67. The normalized spacial score (nSPS) is 12.3. The van der Waals surface area contributed by atoms with Crippen molar-refractivity contribution in [3.63, 3.8) is 0 Å². The summed E-state index contributed by atoms with van der Waals surface area (Å²) >= 11 is 0. The van der Waals surface area contributed by atoms with E-state index in [9.17, 15) is 8.42 Å². The molecule has 0 unspecified atom stereocenters. The average molecular weight is 297 g/mol. The van der Waals surface area contributed by atoms with Gasteiger partial charge in [-0.15, -0.1) is 0 Å². The first-order chi connectivity index (χ1) is 9.39. The van der Waals surface area contributed by atoms with Gasteiger partial charge in [0, 0.05) is 25.5 Å². The topological polar surface area (TPSA) is 61.8 Å². The summed E-state index contributed by atoms with van der Waals surface area (Å²) in [4.78, 5) is 6.05. The number of sulfonamides is 1. The molecule has 1 aromatic rings. The molecular formula is C14H23N3O2S. The maximum atomic E-state index is 11.8. The van der Waals surface area contributed by atoms with Crippen molar-refractivity contribution in [3.8, 4) is 0 Å². The van der Waals surface area contributed by atoms with Crippen molar-refractivity contribution in [2.24, 2.45) is 4.99 Å². The van der Waals surface area contributed by atoms with E-state index in [0.717, 1.165) is 17.9 Å².